The summed E-state index contributed by atoms with van der Waals surface area (Å²) in [6, 6.07) is 19.0. The van der Waals surface area contributed by atoms with Gasteiger partial charge >= 0.3 is 12.0 Å². The standard InChI is InChI=1S/C68H91F5N10O13/c1-48-76-78-64(83(48)61-43-55-9-12-60(61)82(55)21-15-59(49-5-3-2-4-6-49)75-65(85)50-13-17-68(72,73)18-14-50)51-44-67(45-51)19-22-80(23-20-67)66(86)74-53-7-10-56(11-8-53)95-40-39-93-36-35-91-33-34-92-37-38-94-47-54-46-81(79-77-54)24-26-88-28-30-90-32-31-89-29-27-87-25-16-62(84)96-63-57(70)41-52(69)42-58(63)71/h2-8,10-11,41-42,46,50-51,55,59-61H,9,12-40,43-45,47H2,1H3,(H,74,86)(H,75,85)/t55?,59-,60?,61?/m0/s1. The number of hydrogen-bond donors (Lipinski definition) is 2. The maximum atomic E-state index is 13.9. The Morgan fingerprint density at radius 3 is 1.91 bits per heavy atom. The molecule has 5 aliphatic rings. The molecule has 5 heterocycles. The number of urea groups is 1. The number of anilines is 1. The number of amides is 3. The number of carbonyl (C=O) groups excluding carboxylic acids is 3. The van der Waals surface area contributed by atoms with Crippen molar-refractivity contribution in [2.45, 2.75) is 140 Å². The lowest BCUT2D eigenvalue weighted by molar-refractivity contribution is -0.136. The molecule has 2 N–H and O–H groups in total. The lowest BCUT2D eigenvalue weighted by Gasteiger charge is -2.52. The molecule has 2 aliphatic carbocycles. The molecular formula is C68H91F5N10O13. The lowest BCUT2D eigenvalue weighted by atomic mass is 9.57. The first kappa shape index (κ1) is 72.0. The van der Waals surface area contributed by atoms with Crippen molar-refractivity contribution in [1.29, 1.82) is 0 Å². The molecule has 3 unspecified atom stereocenters. The van der Waals surface area contributed by atoms with Crippen molar-refractivity contribution in [3.05, 3.63) is 113 Å². The average Bonchev–Trinajstić information content (AvgIpc) is 1.49. The largest absolute Gasteiger partial charge is 0.491 e. The second-order valence-electron chi connectivity index (χ2n) is 25.3. The van der Waals surface area contributed by atoms with Gasteiger partial charge in [-0.25, -0.2) is 31.4 Å². The molecule has 526 valence electrons. The normalized spacial score (nSPS) is 19.6. The van der Waals surface area contributed by atoms with Gasteiger partial charge in [-0.15, -0.1) is 15.3 Å². The number of hydrogen-bond acceptors (Lipinski definition) is 18. The van der Waals surface area contributed by atoms with Gasteiger partial charge in [0.25, 0.3) is 0 Å². The number of benzene rings is 3. The fourth-order valence-corrected chi connectivity index (χ4v) is 13.7. The second kappa shape index (κ2) is 36.2. The van der Waals surface area contributed by atoms with Crippen molar-refractivity contribution in [2.24, 2.45) is 11.3 Å². The third-order valence-electron chi connectivity index (χ3n) is 18.8. The third-order valence-corrected chi connectivity index (χ3v) is 18.8. The van der Waals surface area contributed by atoms with Crippen LogP contribution in [-0.4, -0.2) is 201 Å². The number of likely N-dealkylation sites (tertiary alicyclic amines) is 1. The Labute approximate surface area is 556 Å². The smallest absolute Gasteiger partial charge is 0.321 e. The van der Waals surface area contributed by atoms with E-state index < -0.39 is 35.1 Å². The molecule has 3 saturated heterocycles. The Bertz CT molecular complexity index is 3180. The molecule has 3 amide bonds. The van der Waals surface area contributed by atoms with Crippen molar-refractivity contribution < 1.29 is 83.7 Å². The van der Waals surface area contributed by atoms with Crippen LogP contribution < -0.4 is 20.1 Å². The summed E-state index contributed by atoms with van der Waals surface area (Å²) in [6.45, 7) is 10.5. The Kier molecular flexibility index (Phi) is 27.1. The predicted molar refractivity (Wildman–Crippen MR) is 339 cm³/mol. The second-order valence-corrected chi connectivity index (χ2v) is 25.3. The Morgan fingerprint density at radius 1 is 0.656 bits per heavy atom. The van der Waals surface area contributed by atoms with Crippen LogP contribution in [0.3, 0.4) is 0 Å². The van der Waals surface area contributed by atoms with Crippen molar-refractivity contribution >= 4 is 23.6 Å². The van der Waals surface area contributed by atoms with Gasteiger partial charge in [-0.1, -0.05) is 35.5 Å². The van der Waals surface area contributed by atoms with Gasteiger partial charge in [0.15, 0.2) is 11.6 Å². The molecule has 5 aromatic rings. The van der Waals surface area contributed by atoms with Crippen LogP contribution in [-0.2, 0) is 60.6 Å². The van der Waals surface area contributed by atoms with Crippen molar-refractivity contribution in [3.63, 3.8) is 0 Å². The summed E-state index contributed by atoms with van der Waals surface area (Å²) >= 11 is 0. The molecule has 2 aromatic heterocycles. The van der Waals surface area contributed by atoms with Gasteiger partial charge in [0, 0.05) is 74.2 Å². The highest BCUT2D eigenvalue weighted by Gasteiger charge is 2.52. The zero-order valence-electron chi connectivity index (χ0n) is 54.7. The van der Waals surface area contributed by atoms with E-state index in [1.54, 1.807) is 10.9 Å². The van der Waals surface area contributed by atoms with Gasteiger partial charge in [0.05, 0.1) is 137 Å². The average molecular weight is 1350 g/mol. The Balaban J connectivity index is 0.500. The lowest BCUT2D eigenvalue weighted by Crippen LogP contribution is -2.49. The van der Waals surface area contributed by atoms with Gasteiger partial charge in [0.1, 0.15) is 35.5 Å². The van der Waals surface area contributed by atoms with Crippen LogP contribution in [0.1, 0.15) is 124 Å². The molecule has 10 rings (SSSR count). The number of carbonyl (C=O) groups is 3. The van der Waals surface area contributed by atoms with E-state index in [9.17, 15) is 36.3 Å². The summed E-state index contributed by atoms with van der Waals surface area (Å²) in [7, 11) is 0. The number of aryl methyl sites for hydroxylation is 1. The molecule has 28 heteroatoms. The highest BCUT2D eigenvalue weighted by Crippen LogP contribution is 2.57. The van der Waals surface area contributed by atoms with Crippen LogP contribution in [0.5, 0.6) is 11.5 Å². The molecule has 3 aromatic carbocycles. The SMILES string of the molecule is Cc1nnc(C2CC3(CCN(C(=O)Nc4ccc(OCCOCCOCCOCCOCc5cn(CCOCCOCCOCCOCCC(=O)Oc6c(F)cc(F)cc6F)nn5)cc4)CC3)C2)n1C1CC2CCC1N2CC[C@H](NC(=O)C1CCC(F)(F)CC1)c1ccccc1. The molecule has 96 heavy (non-hydrogen) atoms. The zero-order valence-corrected chi connectivity index (χ0v) is 54.7. The highest BCUT2D eigenvalue weighted by molar-refractivity contribution is 5.89. The van der Waals surface area contributed by atoms with Crippen molar-refractivity contribution in [3.8, 4) is 11.5 Å². The van der Waals surface area contributed by atoms with Crippen LogP contribution in [0.2, 0.25) is 0 Å². The number of nitrogens with one attached hydrogen (secondary N) is 2. The molecule has 2 bridgehead atoms. The van der Waals surface area contributed by atoms with Gasteiger partial charge < -0.3 is 67.5 Å². The number of ether oxygens (including phenoxy) is 10. The van der Waals surface area contributed by atoms with Crippen LogP contribution >= 0.6 is 0 Å². The Morgan fingerprint density at radius 2 is 1.26 bits per heavy atom. The number of piperidine rings is 1. The van der Waals surface area contributed by atoms with Crippen LogP contribution in [0.15, 0.2) is 72.9 Å². The van der Waals surface area contributed by atoms with Crippen LogP contribution in [0.4, 0.5) is 32.4 Å². The number of aromatic nitrogens is 6. The van der Waals surface area contributed by atoms with Crippen molar-refractivity contribution in [2.75, 3.05) is 131 Å². The van der Waals surface area contributed by atoms with Gasteiger partial charge in [0.2, 0.25) is 17.6 Å². The fraction of sp³-hybridized carbons (Fsp3) is 0.632. The van der Waals surface area contributed by atoms with E-state index in [2.05, 4.69) is 47.2 Å². The zero-order chi connectivity index (χ0) is 67.1. The van der Waals surface area contributed by atoms with E-state index in [4.69, 9.17) is 47.7 Å². The fourth-order valence-electron chi connectivity index (χ4n) is 13.7. The summed E-state index contributed by atoms with van der Waals surface area (Å²) in [4.78, 5) is 43.3. The molecule has 3 aliphatic heterocycles. The van der Waals surface area contributed by atoms with Gasteiger partial charge in [-0.2, -0.15) is 0 Å². The summed E-state index contributed by atoms with van der Waals surface area (Å²) in [5.41, 5.74) is 2.61. The highest BCUT2D eigenvalue weighted by atomic mass is 19.3. The molecular weight excluding hydrogens is 1260 g/mol. The summed E-state index contributed by atoms with van der Waals surface area (Å²) < 4.78 is 127. The first-order valence-electron chi connectivity index (χ1n) is 33.7. The quantitative estimate of drug-likeness (QED) is 0.0161. The van der Waals surface area contributed by atoms with Gasteiger partial charge in [-0.05, 0) is 106 Å². The van der Waals surface area contributed by atoms with E-state index in [0.29, 0.717) is 159 Å². The van der Waals surface area contributed by atoms with Crippen LogP contribution in [0.25, 0.3) is 0 Å². The molecule has 5 fully saturated rings. The van der Waals surface area contributed by atoms with Crippen LogP contribution in [0, 0.1) is 35.7 Å². The monoisotopic (exact) mass is 1350 g/mol. The number of halogens is 5. The van der Waals surface area contributed by atoms with Crippen molar-refractivity contribution in [1.82, 2.24) is 44.9 Å². The van der Waals surface area contributed by atoms with E-state index in [-0.39, 0.29) is 87.3 Å². The maximum Gasteiger partial charge on any atom is 0.321 e. The van der Waals surface area contributed by atoms with Gasteiger partial charge in [-0.3, -0.25) is 14.5 Å². The maximum absolute atomic E-state index is 13.9. The van der Waals surface area contributed by atoms with E-state index >= 15 is 0 Å². The Hall–Kier alpha value is -6.76. The first-order chi connectivity index (χ1) is 46.7. The minimum absolute atomic E-state index is 0.0533. The number of fused-ring (bicyclic) bond motifs is 2. The molecule has 2 saturated carbocycles. The summed E-state index contributed by atoms with van der Waals surface area (Å²) in [5.74, 6) is -5.74. The van der Waals surface area contributed by atoms with E-state index in [1.807, 2.05) is 59.5 Å². The molecule has 4 atom stereocenters. The summed E-state index contributed by atoms with van der Waals surface area (Å²) in [5, 5.41) is 24.0. The minimum atomic E-state index is -2.68. The van der Waals surface area contributed by atoms with E-state index in [1.165, 1.54) is 0 Å². The number of rotatable bonds is 40. The number of alkyl halides is 2. The molecule has 1 spiro atoms. The summed E-state index contributed by atoms with van der Waals surface area (Å²) in [6.07, 6.45) is 9.50. The molecule has 23 nitrogen and oxygen atoms in total. The topological polar surface area (TPSA) is 235 Å². The number of nitrogens with zero attached hydrogens (tertiary/aromatic N) is 8. The van der Waals surface area contributed by atoms with E-state index in [0.717, 1.165) is 75.1 Å². The third kappa shape index (κ3) is 21.1. The first-order valence-corrected chi connectivity index (χ1v) is 33.7. The predicted octanol–water partition coefficient (Wildman–Crippen LogP) is 9.35. The minimum Gasteiger partial charge on any atom is -0.491 e. The number of esters is 1. The molecule has 0 radical (unpaired) electrons.